The zero-order valence-electron chi connectivity index (χ0n) is 8.48. The predicted octanol–water partition coefficient (Wildman–Crippen LogP) is 1.51. The highest BCUT2D eigenvalue weighted by Crippen LogP contribution is 2.34. The maximum Gasteiger partial charge on any atom is 0.314 e. The fourth-order valence-electron chi connectivity index (χ4n) is 1.18. The van der Waals surface area contributed by atoms with Crippen LogP contribution in [0.5, 0.6) is 0 Å². The van der Waals surface area contributed by atoms with Gasteiger partial charge in [0.15, 0.2) is 0 Å². The van der Waals surface area contributed by atoms with Gasteiger partial charge in [0, 0.05) is 0 Å². The second kappa shape index (κ2) is 3.84. The van der Waals surface area contributed by atoms with Gasteiger partial charge in [0.2, 0.25) is 0 Å². The largest absolute Gasteiger partial charge is 0.469 e. The summed E-state index contributed by atoms with van der Waals surface area (Å²) in [4.78, 5) is 11.3. The molecule has 0 aliphatic carbocycles. The summed E-state index contributed by atoms with van der Waals surface area (Å²) in [5.41, 5.74) is -1.01. The Morgan fingerprint density at radius 1 is 1.64 bits per heavy atom. The van der Waals surface area contributed by atoms with Crippen LogP contribution in [0.4, 0.5) is 0 Å². The third kappa shape index (κ3) is 1.80. The van der Waals surface area contributed by atoms with Gasteiger partial charge in [-0.15, -0.1) is 0 Å². The van der Waals surface area contributed by atoms with Crippen molar-refractivity contribution in [1.29, 1.82) is 0 Å². The van der Waals surface area contributed by atoms with Crippen molar-refractivity contribution in [2.75, 3.05) is 7.11 Å². The Bertz CT molecular complexity index is 300. The van der Waals surface area contributed by atoms with Crippen molar-refractivity contribution in [3.63, 3.8) is 0 Å². The van der Waals surface area contributed by atoms with Crippen LogP contribution in [-0.2, 0) is 9.53 Å². The number of methoxy groups -OCH3 is 1. The van der Waals surface area contributed by atoms with Crippen molar-refractivity contribution >= 4 is 5.97 Å². The molecule has 0 saturated heterocycles. The van der Waals surface area contributed by atoms with E-state index in [1.807, 2.05) is 0 Å². The standard InChI is InChI=1S/C10H14O4/c1-10(2,9(12)13-3)8(11)7-5-4-6-14-7/h4-6,8,11H,1-3H3. The van der Waals surface area contributed by atoms with Gasteiger partial charge in [-0.25, -0.2) is 0 Å². The van der Waals surface area contributed by atoms with Crippen molar-refractivity contribution in [3.05, 3.63) is 24.2 Å². The average Bonchev–Trinajstić information content (AvgIpc) is 2.67. The molecule has 0 bridgehead atoms. The Kier molecular flexibility index (Phi) is 2.96. The number of hydrogen-bond acceptors (Lipinski definition) is 4. The molecule has 1 unspecified atom stereocenters. The normalized spacial score (nSPS) is 13.7. The van der Waals surface area contributed by atoms with Gasteiger partial charge in [0.1, 0.15) is 11.9 Å². The third-order valence-electron chi connectivity index (χ3n) is 2.21. The molecule has 14 heavy (non-hydrogen) atoms. The Morgan fingerprint density at radius 2 is 2.29 bits per heavy atom. The van der Waals surface area contributed by atoms with E-state index >= 15 is 0 Å². The van der Waals surface area contributed by atoms with E-state index in [4.69, 9.17) is 4.42 Å². The van der Waals surface area contributed by atoms with E-state index in [0.717, 1.165) is 0 Å². The monoisotopic (exact) mass is 198 g/mol. The maximum absolute atomic E-state index is 11.3. The van der Waals surface area contributed by atoms with E-state index in [1.165, 1.54) is 13.4 Å². The lowest BCUT2D eigenvalue weighted by molar-refractivity contribution is -0.158. The van der Waals surface area contributed by atoms with Crippen LogP contribution in [0.1, 0.15) is 25.7 Å². The SMILES string of the molecule is COC(=O)C(C)(C)C(O)c1ccco1. The minimum absolute atomic E-state index is 0.361. The van der Waals surface area contributed by atoms with E-state index in [-0.39, 0.29) is 0 Å². The number of carbonyl (C=O) groups excluding carboxylic acids is 1. The molecule has 1 atom stereocenters. The van der Waals surface area contributed by atoms with Crippen LogP contribution < -0.4 is 0 Å². The number of furan rings is 1. The zero-order chi connectivity index (χ0) is 10.8. The summed E-state index contributed by atoms with van der Waals surface area (Å²) in [6, 6.07) is 3.28. The third-order valence-corrected chi connectivity index (χ3v) is 2.21. The van der Waals surface area contributed by atoms with Crippen LogP contribution in [0.2, 0.25) is 0 Å². The fraction of sp³-hybridized carbons (Fsp3) is 0.500. The second-order valence-electron chi connectivity index (χ2n) is 3.63. The number of ether oxygens (including phenoxy) is 1. The minimum Gasteiger partial charge on any atom is -0.469 e. The zero-order valence-corrected chi connectivity index (χ0v) is 8.48. The van der Waals surface area contributed by atoms with Crippen LogP contribution in [0.15, 0.2) is 22.8 Å². The Morgan fingerprint density at radius 3 is 2.71 bits per heavy atom. The van der Waals surface area contributed by atoms with Crippen molar-refractivity contribution in [2.45, 2.75) is 20.0 Å². The molecule has 0 aliphatic heterocycles. The topological polar surface area (TPSA) is 59.7 Å². The van der Waals surface area contributed by atoms with Crippen LogP contribution in [0.25, 0.3) is 0 Å². The fourth-order valence-corrected chi connectivity index (χ4v) is 1.18. The van der Waals surface area contributed by atoms with Gasteiger partial charge in [-0.05, 0) is 26.0 Å². The number of hydrogen-bond donors (Lipinski definition) is 1. The molecular formula is C10H14O4. The summed E-state index contributed by atoms with van der Waals surface area (Å²) in [6.07, 6.45) is 0.455. The first-order valence-corrected chi connectivity index (χ1v) is 4.30. The van der Waals surface area contributed by atoms with Crippen LogP contribution >= 0.6 is 0 Å². The molecule has 1 aromatic heterocycles. The lowest BCUT2D eigenvalue weighted by atomic mass is 9.85. The van der Waals surface area contributed by atoms with Crippen LogP contribution in [-0.4, -0.2) is 18.2 Å². The van der Waals surface area contributed by atoms with Crippen LogP contribution in [0.3, 0.4) is 0 Å². The second-order valence-corrected chi connectivity index (χ2v) is 3.63. The number of aliphatic hydroxyl groups excluding tert-OH is 1. The summed E-state index contributed by atoms with van der Waals surface area (Å²) in [7, 11) is 1.29. The van der Waals surface area contributed by atoms with Gasteiger partial charge >= 0.3 is 5.97 Å². The molecule has 0 radical (unpaired) electrons. The van der Waals surface area contributed by atoms with Crippen molar-refractivity contribution in [1.82, 2.24) is 0 Å². The highest BCUT2D eigenvalue weighted by Gasteiger charge is 2.39. The molecular weight excluding hydrogens is 184 g/mol. The lowest BCUT2D eigenvalue weighted by Gasteiger charge is -2.25. The maximum atomic E-state index is 11.3. The number of carbonyl (C=O) groups is 1. The highest BCUT2D eigenvalue weighted by molar-refractivity contribution is 5.76. The molecule has 0 aliphatic rings. The summed E-state index contributed by atoms with van der Waals surface area (Å²) < 4.78 is 9.61. The Labute approximate surface area is 82.5 Å². The summed E-state index contributed by atoms with van der Waals surface area (Å²) in [5, 5.41) is 9.84. The summed E-state index contributed by atoms with van der Waals surface area (Å²) >= 11 is 0. The number of aliphatic hydroxyl groups is 1. The Balaban J connectivity index is 2.88. The first-order valence-electron chi connectivity index (χ1n) is 4.30. The molecule has 1 N–H and O–H groups in total. The summed E-state index contributed by atoms with van der Waals surface area (Å²) in [6.45, 7) is 3.21. The molecule has 1 aromatic rings. The predicted molar refractivity (Wildman–Crippen MR) is 49.5 cm³/mol. The molecule has 1 heterocycles. The molecule has 78 valence electrons. The van der Waals surface area contributed by atoms with Crippen molar-refractivity contribution in [3.8, 4) is 0 Å². The van der Waals surface area contributed by atoms with E-state index in [9.17, 15) is 9.90 Å². The smallest absolute Gasteiger partial charge is 0.314 e. The minimum atomic E-state index is -1.01. The Hall–Kier alpha value is -1.29. The molecule has 0 spiro atoms. The highest BCUT2D eigenvalue weighted by atomic mass is 16.5. The van der Waals surface area contributed by atoms with Gasteiger partial charge in [-0.1, -0.05) is 0 Å². The van der Waals surface area contributed by atoms with E-state index < -0.39 is 17.5 Å². The molecule has 0 amide bonds. The molecule has 4 heteroatoms. The number of esters is 1. The first-order chi connectivity index (χ1) is 6.50. The molecule has 0 aromatic carbocycles. The van der Waals surface area contributed by atoms with E-state index in [2.05, 4.69) is 4.74 Å². The van der Waals surface area contributed by atoms with Crippen molar-refractivity contribution < 1.29 is 19.1 Å². The van der Waals surface area contributed by atoms with E-state index in [1.54, 1.807) is 26.0 Å². The molecule has 4 nitrogen and oxygen atoms in total. The van der Waals surface area contributed by atoms with Gasteiger partial charge < -0.3 is 14.3 Å². The van der Waals surface area contributed by atoms with Gasteiger partial charge in [-0.3, -0.25) is 4.79 Å². The van der Waals surface area contributed by atoms with Gasteiger partial charge in [0.25, 0.3) is 0 Å². The van der Waals surface area contributed by atoms with Crippen molar-refractivity contribution in [2.24, 2.45) is 5.41 Å². The first kappa shape index (κ1) is 10.8. The average molecular weight is 198 g/mol. The quantitative estimate of drug-likeness (QED) is 0.748. The molecule has 0 saturated carbocycles. The number of rotatable bonds is 3. The van der Waals surface area contributed by atoms with Crippen LogP contribution in [0, 0.1) is 5.41 Å². The lowest BCUT2D eigenvalue weighted by Crippen LogP contribution is -2.32. The molecule has 1 rings (SSSR count). The van der Waals surface area contributed by atoms with E-state index in [0.29, 0.717) is 5.76 Å². The molecule has 0 fully saturated rings. The summed E-state index contributed by atoms with van der Waals surface area (Å²) in [5.74, 6) is -0.109. The van der Waals surface area contributed by atoms with Gasteiger partial charge in [0.05, 0.1) is 18.8 Å². The van der Waals surface area contributed by atoms with Gasteiger partial charge in [-0.2, -0.15) is 0 Å².